The van der Waals surface area contributed by atoms with E-state index < -0.39 is 0 Å². The first-order valence-electron chi connectivity index (χ1n) is 9.16. The first kappa shape index (κ1) is 18.7. The standard InChI is InChI=1S/C21H21Cl2FN2O/c1-13(19(27)26-16-5-3-15(24)4-6-16)20-10-21(11-20,12-20)25-9-14-2-7-17(22)18(23)8-14/h2-8,13,25H,9-12H2,1H3,(H,26,27)/p+1/t13-,20?,21?/m1/s1. The van der Waals surface area contributed by atoms with Crippen molar-refractivity contribution in [3.8, 4) is 0 Å². The second kappa shape index (κ2) is 6.77. The number of nitrogens with one attached hydrogen (secondary N) is 1. The lowest BCUT2D eigenvalue weighted by atomic mass is 9.36. The largest absolute Gasteiger partial charge is 0.338 e. The summed E-state index contributed by atoms with van der Waals surface area (Å²) in [6.07, 6.45) is 3.16. The van der Waals surface area contributed by atoms with Gasteiger partial charge in [0.2, 0.25) is 5.91 Å². The molecular weight excluding hydrogens is 386 g/mol. The molecule has 0 unspecified atom stereocenters. The van der Waals surface area contributed by atoms with Crippen LogP contribution in [0.3, 0.4) is 0 Å². The molecule has 1 atom stereocenters. The molecule has 5 rings (SSSR count). The Morgan fingerprint density at radius 3 is 2.44 bits per heavy atom. The van der Waals surface area contributed by atoms with Crippen LogP contribution in [0.15, 0.2) is 42.5 Å². The van der Waals surface area contributed by atoms with Gasteiger partial charge in [-0.15, -0.1) is 0 Å². The van der Waals surface area contributed by atoms with E-state index >= 15 is 0 Å². The maximum absolute atomic E-state index is 13.0. The molecule has 3 aliphatic carbocycles. The summed E-state index contributed by atoms with van der Waals surface area (Å²) in [5.41, 5.74) is 2.17. The molecule has 0 heterocycles. The Balaban J connectivity index is 1.29. The number of halogens is 3. The minimum absolute atomic E-state index is 0.0133. The number of nitrogens with two attached hydrogens (primary N) is 1. The second-order valence-corrected chi connectivity index (χ2v) is 8.94. The molecule has 3 N–H and O–H groups in total. The van der Waals surface area contributed by atoms with Gasteiger partial charge >= 0.3 is 0 Å². The molecule has 0 saturated heterocycles. The number of benzene rings is 2. The smallest absolute Gasteiger partial charge is 0.227 e. The average Bonchev–Trinajstić information content (AvgIpc) is 2.57. The molecule has 0 radical (unpaired) electrons. The lowest BCUT2D eigenvalue weighted by Gasteiger charge is -2.69. The molecule has 0 spiro atoms. The van der Waals surface area contributed by atoms with E-state index in [0.29, 0.717) is 15.7 Å². The van der Waals surface area contributed by atoms with E-state index in [1.54, 1.807) is 12.1 Å². The Morgan fingerprint density at radius 2 is 1.81 bits per heavy atom. The van der Waals surface area contributed by atoms with Crippen molar-refractivity contribution in [3.05, 3.63) is 63.9 Å². The zero-order valence-corrected chi connectivity index (χ0v) is 16.6. The number of rotatable bonds is 6. The van der Waals surface area contributed by atoms with Crippen molar-refractivity contribution in [2.75, 3.05) is 5.32 Å². The third kappa shape index (κ3) is 3.46. The van der Waals surface area contributed by atoms with Crippen molar-refractivity contribution in [1.29, 1.82) is 0 Å². The summed E-state index contributed by atoms with van der Waals surface area (Å²) < 4.78 is 13.0. The number of amides is 1. The van der Waals surface area contributed by atoms with Crippen LogP contribution < -0.4 is 10.6 Å². The highest BCUT2D eigenvalue weighted by Crippen LogP contribution is 2.68. The number of anilines is 1. The summed E-state index contributed by atoms with van der Waals surface area (Å²) in [7, 11) is 0. The molecule has 142 valence electrons. The van der Waals surface area contributed by atoms with Crippen molar-refractivity contribution in [2.45, 2.75) is 38.3 Å². The van der Waals surface area contributed by atoms with E-state index in [-0.39, 0.29) is 28.6 Å². The zero-order valence-electron chi connectivity index (χ0n) is 15.1. The van der Waals surface area contributed by atoms with Gasteiger partial charge in [0.15, 0.2) is 0 Å². The van der Waals surface area contributed by atoms with E-state index in [1.807, 2.05) is 25.1 Å². The van der Waals surface area contributed by atoms with Crippen LogP contribution in [0.2, 0.25) is 10.0 Å². The van der Waals surface area contributed by atoms with Gasteiger partial charge < -0.3 is 10.6 Å². The molecule has 1 amide bonds. The van der Waals surface area contributed by atoms with Gasteiger partial charge in [-0.2, -0.15) is 0 Å². The van der Waals surface area contributed by atoms with Crippen molar-refractivity contribution >= 4 is 34.8 Å². The number of hydrogen-bond donors (Lipinski definition) is 2. The summed E-state index contributed by atoms with van der Waals surface area (Å²) in [6.45, 7) is 2.87. The number of carbonyl (C=O) groups is 1. The van der Waals surface area contributed by atoms with E-state index in [4.69, 9.17) is 23.2 Å². The van der Waals surface area contributed by atoms with Crippen LogP contribution in [0.4, 0.5) is 10.1 Å². The topological polar surface area (TPSA) is 45.7 Å². The van der Waals surface area contributed by atoms with Crippen LogP contribution in [0.5, 0.6) is 0 Å². The van der Waals surface area contributed by atoms with E-state index in [2.05, 4.69) is 10.6 Å². The first-order valence-corrected chi connectivity index (χ1v) is 9.91. The normalized spacial score (nSPS) is 26.7. The Labute approximate surface area is 168 Å². The van der Waals surface area contributed by atoms with Crippen LogP contribution >= 0.6 is 23.2 Å². The van der Waals surface area contributed by atoms with Gasteiger partial charge in [0.25, 0.3) is 0 Å². The summed E-state index contributed by atoms with van der Waals surface area (Å²) in [4.78, 5) is 12.6. The molecule has 0 aromatic heterocycles. The number of quaternary nitrogens is 1. The SMILES string of the molecule is C[C@H](C(=O)Nc1ccc(F)cc1)C12CC([NH2+]Cc3ccc(Cl)c(Cl)c3)(C1)C2. The minimum atomic E-state index is -0.306. The van der Waals surface area contributed by atoms with E-state index in [1.165, 1.54) is 12.1 Å². The Hall–Kier alpha value is -1.62. The van der Waals surface area contributed by atoms with Crippen molar-refractivity contribution in [2.24, 2.45) is 11.3 Å². The van der Waals surface area contributed by atoms with Gasteiger partial charge in [0, 0.05) is 36.4 Å². The lowest BCUT2D eigenvalue weighted by Crippen LogP contribution is -3.05. The molecule has 2 aromatic carbocycles. The van der Waals surface area contributed by atoms with Gasteiger partial charge in [-0.05, 0) is 41.8 Å². The monoisotopic (exact) mass is 407 g/mol. The van der Waals surface area contributed by atoms with Crippen LogP contribution in [0.1, 0.15) is 31.7 Å². The summed E-state index contributed by atoms with van der Waals surface area (Å²) in [5, 5.41) is 6.44. The van der Waals surface area contributed by atoms with Gasteiger partial charge in [0.1, 0.15) is 12.4 Å². The molecule has 6 heteroatoms. The van der Waals surface area contributed by atoms with Crippen LogP contribution in [-0.4, -0.2) is 11.4 Å². The molecule has 3 fully saturated rings. The van der Waals surface area contributed by atoms with Gasteiger partial charge in [0.05, 0.1) is 15.6 Å². The fourth-order valence-electron chi connectivity index (χ4n) is 4.69. The third-order valence-corrected chi connectivity index (χ3v) is 7.03. The first-order chi connectivity index (χ1) is 12.8. The molecule has 2 bridgehead atoms. The summed E-state index contributed by atoms with van der Waals surface area (Å²) in [5.74, 6) is -0.345. The highest BCUT2D eigenvalue weighted by atomic mass is 35.5. The molecule has 2 aromatic rings. The third-order valence-electron chi connectivity index (χ3n) is 6.29. The minimum Gasteiger partial charge on any atom is -0.338 e. The predicted molar refractivity (Wildman–Crippen MR) is 105 cm³/mol. The maximum Gasteiger partial charge on any atom is 0.227 e. The Morgan fingerprint density at radius 1 is 1.15 bits per heavy atom. The quantitative estimate of drug-likeness (QED) is 0.732. The van der Waals surface area contributed by atoms with Crippen LogP contribution in [0.25, 0.3) is 0 Å². The summed E-state index contributed by atoms with van der Waals surface area (Å²) in [6, 6.07) is 11.6. The second-order valence-electron chi connectivity index (χ2n) is 8.13. The average molecular weight is 408 g/mol. The molecular formula is C21H22Cl2FN2O+. The lowest BCUT2D eigenvalue weighted by molar-refractivity contribution is -0.788. The van der Waals surface area contributed by atoms with Gasteiger partial charge in [-0.1, -0.05) is 36.2 Å². The van der Waals surface area contributed by atoms with E-state index in [9.17, 15) is 9.18 Å². The molecule has 3 aliphatic rings. The van der Waals surface area contributed by atoms with Crippen molar-refractivity contribution in [1.82, 2.24) is 0 Å². The Bertz CT molecular complexity index is 864. The van der Waals surface area contributed by atoms with Crippen molar-refractivity contribution < 1.29 is 14.5 Å². The van der Waals surface area contributed by atoms with E-state index in [0.717, 1.165) is 31.4 Å². The van der Waals surface area contributed by atoms with Crippen LogP contribution in [0, 0.1) is 17.2 Å². The molecule has 0 aliphatic heterocycles. The predicted octanol–water partition coefficient (Wildman–Crippen LogP) is 4.39. The highest BCUT2D eigenvalue weighted by molar-refractivity contribution is 6.42. The molecule has 3 nitrogen and oxygen atoms in total. The van der Waals surface area contributed by atoms with Gasteiger partial charge in [-0.3, -0.25) is 4.79 Å². The Kier molecular flexibility index (Phi) is 4.69. The number of hydrogen-bond acceptors (Lipinski definition) is 1. The highest BCUT2D eigenvalue weighted by Gasteiger charge is 2.73. The number of carbonyl (C=O) groups excluding carboxylic acids is 1. The zero-order chi connectivity index (χ0) is 19.2. The fourth-order valence-corrected chi connectivity index (χ4v) is 5.01. The summed E-state index contributed by atoms with van der Waals surface area (Å²) >= 11 is 12.1. The fraction of sp³-hybridized carbons (Fsp3) is 0.381. The van der Waals surface area contributed by atoms with Gasteiger partial charge in [-0.25, -0.2) is 4.39 Å². The molecule has 27 heavy (non-hydrogen) atoms. The maximum atomic E-state index is 13.0. The molecule has 3 saturated carbocycles. The van der Waals surface area contributed by atoms with Crippen molar-refractivity contribution in [3.63, 3.8) is 0 Å². The van der Waals surface area contributed by atoms with Crippen LogP contribution in [-0.2, 0) is 11.3 Å².